The molecule has 0 bridgehead atoms. The van der Waals surface area contributed by atoms with Crippen LogP contribution in [0.15, 0.2) is 25.3 Å². The van der Waals surface area contributed by atoms with E-state index < -0.39 is 5.92 Å². The van der Waals surface area contributed by atoms with Gasteiger partial charge < -0.3 is 20.5 Å². The van der Waals surface area contributed by atoms with Crippen LogP contribution in [0, 0.1) is 5.92 Å². The second-order valence-electron chi connectivity index (χ2n) is 5.77. The van der Waals surface area contributed by atoms with E-state index >= 15 is 0 Å². The smallest absolute Gasteiger partial charge is 0.305 e. The van der Waals surface area contributed by atoms with Crippen molar-refractivity contribution in [3.63, 3.8) is 0 Å². The number of rotatable bonds is 14. The summed E-state index contributed by atoms with van der Waals surface area (Å²) in [6, 6.07) is -0.361. The van der Waals surface area contributed by atoms with Crippen molar-refractivity contribution in [2.75, 3.05) is 19.8 Å². The third-order valence-corrected chi connectivity index (χ3v) is 3.39. The Morgan fingerprint density at radius 3 is 2.56 bits per heavy atom. The number of nitrogens with one attached hydrogen (secondary N) is 2. The van der Waals surface area contributed by atoms with Crippen LogP contribution in [0.5, 0.6) is 0 Å². The highest BCUT2D eigenvalue weighted by Gasteiger charge is 2.21. The van der Waals surface area contributed by atoms with Crippen LogP contribution in [-0.2, 0) is 19.1 Å². The molecule has 0 rings (SSSR count). The minimum atomic E-state index is -0.549. The summed E-state index contributed by atoms with van der Waals surface area (Å²) in [6.07, 6.45) is 5.45. The van der Waals surface area contributed by atoms with E-state index in [1.54, 1.807) is 19.1 Å². The lowest BCUT2D eigenvalue weighted by Gasteiger charge is -2.17. The zero-order valence-electron chi connectivity index (χ0n) is 15.0. The quantitative estimate of drug-likeness (QED) is 0.246. The molecular formula is C18H30N2O5. The molecule has 0 fully saturated rings. The van der Waals surface area contributed by atoms with E-state index in [0.717, 1.165) is 6.42 Å². The molecule has 0 aliphatic rings. The summed E-state index contributed by atoms with van der Waals surface area (Å²) in [4.78, 5) is 35.4. The molecule has 0 saturated carbocycles. The summed E-state index contributed by atoms with van der Waals surface area (Å²) < 4.78 is 5.01. The topological polar surface area (TPSA) is 105 Å². The maximum atomic E-state index is 12.1. The molecule has 0 spiro atoms. The number of unbranched alkanes of at least 4 members (excludes halogenated alkanes) is 1. The van der Waals surface area contributed by atoms with Crippen LogP contribution in [-0.4, -0.2) is 48.7 Å². The van der Waals surface area contributed by atoms with Crippen molar-refractivity contribution in [2.45, 2.75) is 45.1 Å². The molecule has 3 N–H and O–H groups in total. The molecule has 25 heavy (non-hydrogen) atoms. The second-order valence-corrected chi connectivity index (χ2v) is 5.77. The molecule has 2 amide bonds. The Kier molecular flexibility index (Phi) is 13.0. The monoisotopic (exact) mass is 354 g/mol. The second kappa shape index (κ2) is 14.2. The first-order chi connectivity index (χ1) is 11.9. The maximum absolute atomic E-state index is 12.1. The van der Waals surface area contributed by atoms with Crippen LogP contribution < -0.4 is 10.6 Å². The Labute approximate surface area is 149 Å². The van der Waals surface area contributed by atoms with Crippen molar-refractivity contribution in [3.05, 3.63) is 25.3 Å². The molecule has 2 atom stereocenters. The number of aliphatic hydroxyl groups excluding tert-OH is 1. The standard InChI is InChI=1S/C18H30N2O5/c1-4-6-7-9-17(23)25-11-10-19-18(24)15(8-5-2)12-16(22)20-14(3)13-21/h4-5,14-15,21H,1-2,6-13H2,3H3,(H,19,24)(H,20,22)/t14-,15+/m0/s1. The minimum Gasteiger partial charge on any atom is -0.464 e. The van der Waals surface area contributed by atoms with Crippen LogP contribution in [0.2, 0.25) is 0 Å². The van der Waals surface area contributed by atoms with Crippen LogP contribution >= 0.6 is 0 Å². The molecular weight excluding hydrogens is 324 g/mol. The molecule has 142 valence electrons. The van der Waals surface area contributed by atoms with E-state index in [1.165, 1.54) is 0 Å². The normalized spacial score (nSPS) is 12.6. The fourth-order valence-corrected chi connectivity index (χ4v) is 2.03. The highest BCUT2D eigenvalue weighted by molar-refractivity contribution is 5.86. The SMILES string of the molecule is C=CCCCC(=O)OCCNC(=O)[C@H](CC=C)CC(=O)N[C@@H](C)CO. The third-order valence-electron chi connectivity index (χ3n) is 3.39. The predicted molar refractivity (Wildman–Crippen MR) is 95.6 cm³/mol. The van der Waals surface area contributed by atoms with Gasteiger partial charge in [0.1, 0.15) is 6.61 Å². The first-order valence-corrected chi connectivity index (χ1v) is 8.49. The van der Waals surface area contributed by atoms with Gasteiger partial charge >= 0.3 is 5.97 Å². The van der Waals surface area contributed by atoms with Gasteiger partial charge in [-0.2, -0.15) is 0 Å². The van der Waals surface area contributed by atoms with Gasteiger partial charge in [-0.1, -0.05) is 12.2 Å². The number of hydrogen-bond acceptors (Lipinski definition) is 5. The van der Waals surface area contributed by atoms with Gasteiger partial charge in [-0.15, -0.1) is 13.2 Å². The van der Waals surface area contributed by atoms with E-state index in [0.29, 0.717) is 19.3 Å². The van der Waals surface area contributed by atoms with Gasteiger partial charge in [-0.25, -0.2) is 0 Å². The summed E-state index contributed by atoms with van der Waals surface area (Å²) in [5.41, 5.74) is 0. The number of aliphatic hydroxyl groups is 1. The summed E-state index contributed by atoms with van der Waals surface area (Å²) >= 11 is 0. The van der Waals surface area contributed by atoms with Gasteiger partial charge in [-0.05, 0) is 26.2 Å². The molecule has 0 unspecified atom stereocenters. The van der Waals surface area contributed by atoms with Crippen LogP contribution in [0.4, 0.5) is 0 Å². The Morgan fingerprint density at radius 2 is 1.96 bits per heavy atom. The van der Waals surface area contributed by atoms with Gasteiger partial charge in [-0.3, -0.25) is 14.4 Å². The average Bonchev–Trinajstić information content (AvgIpc) is 2.58. The number of hydrogen-bond donors (Lipinski definition) is 3. The lowest BCUT2D eigenvalue weighted by Crippen LogP contribution is -2.39. The molecule has 0 saturated heterocycles. The van der Waals surface area contributed by atoms with Crippen molar-refractivity contribution in [2.24, 2.45) is 5.92 Å². The van der Waals surface area contributed by atoms with Crippen molar-refractivity contribution in [1.29, 1.82) is 0 Å². The molecule has 0 aromatic heterocycles. The van der Waals surface area contributed by atoms with Crippen LogP contribution in [0.25, 0.3) is 0 Å². The number of esters is 1. The molecule has 0 radical (unpaired) electrons. The summed E-state index contributed by atoms with van der Waals surface area (Å²) in [7, 11) is 0. The Hall–Kier alpha value is -2.15. The predicted octanol–water partition coefficient (Wildman–Crippen LogP) is 1.08. The number of ether oxygens (including phenoxy) is 1. The Bertz CT molecular complexity index is 451. The summed E-state index contributed by atoms with van der Waals surface area (Å²) in [5, 5.41) is 14.2. The molecule has 0 heterocycles. The van der Waals surface area contributed by atoms with Crippen molar-refractivity contribution >= 4 is 17.8 Å². The molecule has 0 aliphatic heterocycles. The molecule has 0 aromatic rings. The lowest BCUT2D eigenvalue weighted by atomic mass is 9.99. The van der Waals surface area contributed by atoms with Gasteiger partial charge in [0, 0.05) is 18.9 Å². The third kappa shape index (κ3) is 11.9. The minimum absolute atomic E-state index is 0.00351. The van der Waals surface area contributed by atoms with E-state index in [9.17, 15) is 14.4 Å². The van der Waals surface area contributed by atoms with Crippen LogP contribution in [0.1, 0.15) is 39.0 Å². The highest BCUT2D eigenvalue weighted by atomic mass is 16.5. The van der Waals surface area contributed by atoms with Crippen LogP contribution in [0.3, 0.4) is 0 Å². The fraction of sp³-hybridized carbons (Fsp3) is 0.611. The Morgan fingerprint density at radius 1 is 1.24 bits per heavy atom. The summed E-state index contributed by atoms with van der Waals surface area (Å²) in [6.45, 7) is 8.96. The first kappa shape index (κ1) is 22.9. The zero-order valence-corrected chi connectivity index (χ0v) is 15.0. The van der Waals surface area contributed by atoms with Gasteiger partial charge in [0.25, 0.3) is 0 Å². The van der Waals surface area contributed by atoms with E-state index in [1.807, 2.05) is 0 Å². The fourth-order valence-electron chi connectivity index (χ4n) is 2.03. The number of allylic oxidation sites excluding steroid dienone is 2. The van der Waals surface area contributed by atoms with Gasteiger partial charge in [0.15, 0.2) is 0 Å². The van der Waals surface area contributed by atoms with Crippen molar-refractivity contribution < 1.29 is 24.2 Å². The maximum Gasteiger partial charge on any atom is 0.305 e. The molecule has 0 aromatic carbocycles. The number of carbonyl (C=O) groups is 3. The number of carbonyl (C=O) groups excluding carboxylic acids is 3. The van der Waals surface area contributed by atoms with Crippen molar-refractivity contribution in [1.82, 2.24) is 10.6 Å². The molecule has 7 nitrogen and oxygen atoms in total. The first-order valence-electron chi connectivity index (χ1n) is 8.49. The summed E-state index contributed by atoms with van der Waals surface area (Å²) in [5.74, 6) is -1.46. The van der Waals surface area contributed by atoms with E-state index in [2.05, 4.69) is 23.8 Å². The lowest BCUT2D eigenvalue weighted by molar-refractivity contribution is -0.144. The number of amides is 2. The zero-order chi connectivity index (χ0) is 19.1. The highest BCUT2D eigenvalue weighted by Crippen LogP contribution is 2.10. The molecule has 7 heteroatoms. The molecule has 0 aliphatic carbocycles. The van der Waals surface area contributed by atoms with E-state index in [4.69, 9.17) is 9.84 Å². The van der Waals surface area contributed by atoms with E-state index in [-0.39, 0.29) is 50.0 Å². The largest absolute Gasteiger partial charge is 0.464 e. The average molecular weight is 354 g/mol. The van der Waals surface area contributed by atoms with Gasteiger partial charge in [0.05, 0.1) is 19.1 Å². The van der Waals surface area contributed by atoms with Crippen molar-refractivity contribution in [3.8, 4) is 0 Å². The van der Waals surface area contributed by atoms with Gasteiger partial charge in [0.2, 0.25) is 11.8 Å². The Balaban J connectivity index is 4.15.